The van der Waals surface area contributed by atoms with Crippen LogP contribution in [0.3, 0.4) is 0 Å². The Morgan fingerprint density at radius 1 is 1.00 bits per heavy atom. The predicted molar refractivity (Wildman–Crippen MR) is 137 cm³/mol. The molecule has 3 aromatic rings. The number of methoxy groups -OCH3 is 2. The molecule has 3 rings (SSSR count). The Balaban J connectivity index is 1.83. The van der Waals surface area contributed by atoms with Gasteiger partial charge in [-0.05, 0) is 55.9 Å². The average Bonchev–Trinajstić information content (AvgIpc) is 2.77. The van der Waals surface area contributed by atoms with E-state index in [4.69, 9.17) is 33.3 Å². The third-order valence-corrected chi connectivity index (χ3v) is 5.04. The SMILES string of the molecule is COc1ccc(OC)c(NC(=S)NC(=NCc2ccccc2Cl)Nc2nc(C)cc(C)n2)c1. The number of ether oxygens (including phenoxy) is 2. The molecule has 0 radical (unpaired) electrons. The van der Waals surface area contributed by atoms with Crippen LogP contribution in [-0.4, -0.2) is 35.3 Å². The number of aliphatic imine (C=N–C) groups is 1. The zero-order chi connectivity index (χ0) is 23.8. The minimum Gasteiger partial charge on any atom is -0.497 e. The summed E-state index contributed by atoms with van der Waals surface area (Å²) in [6.07, 6.45) is 0. The number of rotatable bonds is 6. The van der Waals surface area contributed by atoms with E-state index in [1.54, 1.807) is 32.4 Å². The summed E-state index contributed by atoms with van der Waals surface area (Å²) in [5.74, 6) is 2.04. The standard InChI is InChI=1S/C23H25ClN6O2S/c1-14-11-15(2)27-22(26-14)29-21(25-13-16-7-5-6-8-18(16)24)30-23(33)28-19-12-17(31-3)9-10-20(19)32-4/h5-12H,13H2,1-4H3,(H3,25,26,27,28,29,30,33). The second-order valence-corrected chi connectivity index (χ2v) is 7.82. The maximum absolute atomic E-state index is 6.29. The van der Waals surface area contributed by atoms with Gasteiger partial charge in [-0.3, -0.25) is 5.32 Å². The molecule has 0 saturated heterocycles. The molecule has 3 N–H and O–H groups in total. The van der Waals surface area contributed by atoms with Crippen LogP contribution in [0.2, 0.25) is 5.02 Å². The lowest BCUT2D eigenvalue weighted by Crippen LogP contribution is -2.39. The number of nitrogens with one attached hydrogen (secondary N) is 3. The van der Waals surface area contributed by atoms with Gasteiger partial charge in [-0.15, -0.1) is 0 Å². The van der Waals surface area contributed by atoms with Gasteiger partial charge >= 0.3 is 0 Å². The van der Waals surface area contributed by atoms with Gasteiger partial charge in [0.25, 0.3) is 0 Å². The average molecular weight is 485 g/mol. The fourth-order valence-electron chi connectivity index (χ4n) is 2.96. The number of aromatic nitrogens is 2. The number of nitrogens with zero attached hydrogens (tertiary/aromatic N) is 3. The lowest BCUT2D eigenvalue weighted by Gasteiger charge is -2.16. The monoisotopic (exact) mass is 484 g/mol. The molecule has 0 aliphatic carbocycles. The minimum atomic E-state index is 0.288. The van der Waals surface area contributed by atoms with Crippen molar-refractivity contribution in [3.8, 4) is 11.5 Å². The topological polar surface area (TPSA) is 92.7 Å². The Labute approximate surface area is 203 Å². The third-order valence-electron chi connectivity index (χ3n) is 4.46. The molecule has 1 aromatic heterocycles. The van der Waals surface area contributed by atoms with Crippen LogP contribution >= 0.6 is 23.8 Å². The zero-order valence-electron chi connectivity index (χ0n) is 18.8. The van der Waals surface area contributed by atoms with E-state index < -0.39 is 0 Å². The number of guanidine groups is 1. The van der Waals surface area contributed by atoms with Crippen LogP contribution in [0.15, 0.2) is 53.5 Å². The second-order valence-electron chi connectivity index (χ2n) is 7.00. The molecule has 0 spiro atoms. The molecule has 0 saturated carbocycles. The fraction of sp³-hybridized carbons (Fsp3) is 0.217. The van der Waals surface area contributed by atoms with Crippen LogP contribution in [-0.2, 0) is 6.54 Å². The molecule has 0 unspecified atom stereocenters. The van der Waals surface area contributed by atoms with Crippen molar-refractivity contribution in [3.63, 3.8) is 0 Å². The van der Waals surface area contributed by atoms with Gasteiger partial charge in [-0.25, -0.2) is 15.0 Å². The smallest absolute Gasteiger partial charge is 0.229 e. The molecule has 33 heavy (non-hydrogen) atoms. The zero-order valence-corrected chi connectivity index (χ0v) is 20.3. The molecule has 0 aliphatic heterocycles. The van der Waals surface area contributed by atoms with Gasteiger partial charge in [0.15, 0.2) is 5.11 Å². The summed E-state index contributed by atoms with van der Waals surface area (Å²) < 4.78 is 10.7. The highest BCUT2D eigenvalue weighted by Gasteiger charge is 2.11. The number of thiocarbonyl (C=S) groups is 1. The number of aryl methyl sites for hydroxylation is 2. The van der Waals surface area contributed by atoms with E-state index in [1.165, 1.54) is 0 Å². The van der Waals surface area contributed by atoms with Gasteiger partial charge in [-0.2, -0.15) is 0 Å². The van der Waals surface area contributed by atoms with Crippen LogP contribution in [0.1, 0.15) is 17.0 Å². The Bertz CT molecular complexity index is 1150. The van der Waals surface area contributed by atoms with E-state index in [2.05, 4.69) is 30.9 Å². The first-order valence-electron chi connectivity index (χ1n) is 10.0. The molecule has 2 aromatic carbocycles. The Morgan fingerprint density at radius 2 is 1.73 bits per heavy atom. The highest BCUT2D eigenvalue weighted by atomic mass is 35.5. The van der Waals surface area contributed by atoms with Gasteiger partial charge in [0, 0.05) is 22.5 Å². The predicted octanol–water partition coefficient (Wildman–Crippen LogP) is 4.72. The first-order valence-corrected chi connectivity index (χ1v) is 10.8. The van der Waals surface area contributed by atoms with Crippen LogP contribution in [0, 0.1) is 13.8 Å². The van der Waals surface area contributed by atoms with E-state index in [1.807, 2.05) is 44.2 Å². The summed E-state index contributed by atoms with van der Waals surface area (Å²) in [6, 6.07) is 14.8. The van der Waals surface area contributed by atoms with Crippen molar-refractivity contribution in [2.75, 3.05) is 24.9 Å². The maximum Gasteiger partial charge on any atom is 0.229 e. The number of anilines is 2. The van der Waals surface area contributed by atoms with Crippen molar-refractivity contribution < 1.29 is 9.47 Å². The van der Waals surface area contributed by atoms with Crippen LogP contribution in [0.5, 0.6) is 11.5 Å². The quantitative estimate of drug-likeness (QED) is 0.263. The normalized spacial score (nSPS) is 11.0. The van der Waals surface area contributed by atoms with Crippen molar-refractivity contribution in [2.24, 2.45) is 4.99 Å². The molecule has 8 nitrogen and oxygen atoms in total. The minimum absolute atomic E-state index is 0.288. The highest BCUT2D eigenvalue weighted by molar-refractivity contribution is 7.80. The van der Waals surface area contributed by atoms with E-state index in [9.17, 15) is 0 Å². The van der Waals surface area contributed by atoms with Crippen molar-refractivity contribution in [1.82, 2.24) is 15.3 Å². The second kappa shape index (κ2) is 11.4. The molecule has 1 heterocycles. The summed E-state index contributed by atoms with van der Waals surface area (Å²) in [4.78, 5) is 13.5. The molecular formula is C23H25ClN6O2S. The number of halogens is 1. The van der Waals surface area contributed by atoms with Crippen LogP contribution in [0.25, 0.3) is 0 Å². The highest BCUT2D eigenvalue weighted by Crippen LogP contribution is 2.28. The van der Waals surface area contributed by atoms with Crippen LogP contribution in [0.4, 0.5) is 11.6 Å². The summed E-state index contributed by atoms with van der Waals surface area (Å²) in [6.45, 7) is 4.12. The molecule has 0 fully saturated rings. The lowest BCUT2D eigenvalue weighted by molar-refractivity contribution is 0.405. The van der Waals surface area contributed by atoms with E-state index in [-0.39, 0.29) is 5.11 Å². The maximum atomic E-state index is 6.29. The molecular weight excluding hydrogens is 460 g/mol. The van der Waals surface area contributed by atoms with Gasteiger partial charge in [0.05, 0.1) is 26.5 Å². The van der Waals surface area contributed by atoms with Crippen molar-refractivity contribution in [2.45, 2.75) is 20.4 Å². The van der Waals surface area contributed by atoms with E-state index >= 15 is 0 Å². The number of hydrogen-bond donors (Lipinski definition) is 3. The van der Waals surface area contributed by atoms with E-state index in [0.29, 0.717) is 40.7 Å². The van der Waals surface area contributed by atoms with Crippen LogP contribution < -0.4 is 25.4 Å². The van der Waals surface area contributed by atoms with Gasteiger partial charge < -0.3 is 20.1 Å². The van der Waals surface area contributed by atoms with E-state index in [0.717, 1.165) is 17.0 Å². The van der Waals surface area contributed by atoms with Gasteiger partial charge in [0.2, 0.25) is 11.9 Å². The largest absolute Gasteiger partial charge is 0.497 e. The molecule has 0 bridgehead atoms. The molecule has 0 atom stereocenters. The van der Waals surface area contributed by atoms with Crippen molar-refractivity contribution in [3.05, 3.63) is 70.5 Å². The summed E-state index contributed by atoms with van der Waals surface area (Å²) in [7, 11) is 3.17. The lowest BCUT2D eigenvalue weighted by atomic mass is 10.2. The van der Waals surface area contributed by atoms with Crippen molar-refractivity contribution in [1.29, 1.82) is 0 Å². The molecule has 0 amide bonds. The number of hydrogen-bond acceptors (Lipinski definition) is 6. The summed E-state index contributed by atoms with van der Waals surface area (Å²) in [5.41, 5.74) is 3.17. The van der Waals surface area contributed by atoms with Crippen molar-refractivity contribution >= 4 is 46.5 Å². The summed E-state index contributed by atoms with van der Waals surface area (Å²) >= 11 is 11.8. The Morgan fingerprint density at radius 3 is 2.39 bits per heavy atom. The van der Waals surface area contributed by atoms with Gasteiger partial charge in [-0.1, -0.05) is 29.8 Å². The molecule has 10 heteroatoms. The molecule has 172 valence electrons. The third kappa shape index (κ3) is 7.03. The molecule has 0 aliphatic rings. The first kappa shape index (κ1) is 24.2. The number of benzene rings is 2. The Kier molecular flexibility index (Phi) is 8.39. The summed E-state index contributed by atoms with van der Waals surface area (Å²) in [5, 5.41) is 10.2. The first-order chi connectivity index (χ1) is 15.9. The van der Waals surface area contributed by atoms with Gasteiger partial charge in [0.1, 0.15) is 11.5 Å². The fourth-order valence-corrected chi connectivity index (χ4v) is 3.36. The Hall–Kier alpha value is -3.43.